The van der Waals surface area contributed by atoms with Crippen LogP contribution in [0.3, 0.4) is 0 Å². The Balaban J connectivity index is 2.93. The molecule has 114 valence electrons. The minimum Gasteiger partial charge on any atom is -0.384 e. The Labute approximate surface area is 125 Å². The molecule has 1 amide bonds. The molecule has 0 spiro atoms. The summed E-state index contributed by atoms with van der Waals surface area (Å²) in [5.41, 5.74) is 1.97. The van der Waals surface area contributed by atoms with Crippen LogP contribution >= 0.6 is 0 Å². The molecule has 21 heavy (non-hydrogen) atoms. The van der Waals surface area contributed by atoms with Crippen LogP contribution in [0.15, 0.2) is 18.2 Å². The number of sulfone groups is 1. The third-order valence-electron chi connectivity index (χ3n) is 2.78. The molecule has 1 aromatic rings. The lowest BCUT2D eigenvalue weighted by Crippen LogP contribution is -2.31. The first kappa shape index (κ1) is 17.2. The van der Waals surface area contributed by atoms with Crippen molar-refractivity contribution in [1.82, 2.24) is 4.90 Å². The maximum atomic E-state index is 12.3. The first-order valence-electron chi connectivity index (χ1n) is 6.37. The number of carbonyl (C=O) groups excluding carboxylic acids is 1. The second kappa shape index (κ2) is 7.25. The minimum atomic E-state index is -3.11. The number of aliphatic hydroxyl groups excluding tert-OH is 1. The van der Waals surface area contributed by atoms with Gasteiger partial charge in [-0.05, 0) is 30.7 Å². The molecule has 0 saturated carbocycles. The van der Waals surface area contributed by atoms with E-state index < -0.39 is 9.84 Å². The zero-order chi connectivity index (χ0) is 16.0. The standard InChI is InChI=1S/C15H19NO4S/c1-12-9-13(5-4-7-17)11-14(10-12)15(18)16(2)6-8-21(3,19)20/h9-11,17H,6-8H2,1-3H3. The Hall–Kier alpha value is -1.84. The fourth-order valence-corrected chi connectivity index (χ4v) is 2.35. The number of benzene rings is 1. The third-order valence-corrected chi connectivity index (χ3v) is 3.70. The van der Waals surface area contributed by atoms with Gasteiger partial charge in [0.2, 0.25) is 0 Å². The fraction of sp³-hybridized carbons (Fsp3) is 0.400. The molecule has 0 aliphatic carbocycles. The van der Waals surface area contributed by atoms with Crippen LogP contribution in [0, 0.1) is 18.8 Å². The smallest absolute Gasteiger partial charge is 0.253 e. The number of nitrogens with zero attached hydrogens (tertiary/aromatic N) is 1. The van der Waals surface area contributed by atoms with Crippen molar-refractivity contribution < 1.29 is 18.3 Å². The summed E-state index contributed by atoms with van der Waals surface area (Å²) in [6, 6.07) is 5.17. The lowest BCUT2D eigenvalue weighted by molar-refractivity contribution is 0.0803. The summed E-state index contributed by atoms with van der Waals surface area (Å²) in [5.74, 6) is 4.97. The lowest BCUT2D eigenvalue weighted by Gasteiger charge is -2.17. The van der Waals surface area contributed by atoms with E-state index in [9.17, 15) is 13.2 Å². The normalized spacial score (nSPS) is 10.7. The molecule has 0 aliphatic rings. The van der Waals surface area contributed by atoms with Crippen molar-refractivity contribution >= 4 is 15.7 Å². The molecule has 1 aromatic carbocycles. The molecule has 0 atom stereocenters. The largest absolute Gasteiger partial charge is 0.384 e. The minimum absolute atomic E-state index is 0.0712. The first-order chi connectivity index (χ1) is 9.73. The van der Waals surface area contributed by atoms with Crippen LogP contribution in [0.25, 0.3) is 0 Å². The van der Waals surface area contributed by atoms with Gasteiger partial charge in [-0.15, -0.1) is 0 Å². The number of rotatable bonds is 4. The Morgan fingerprint density at radius 1 is 1.33 bits per heavy atom. The summed E-state index contributed by atoms with van der Waals surface area (Å²) < 4.78 is 22.3. The van der Waals surface area contributed by atoms with E-state index in [1.807, 2.05) is 13.0 Å². The zero-order valence-corrected chi connectivity index (χ0v) is 13.2. The van der Waals surface area contributed by atoms with Crippen LogP contribution in [0.2, 0.25) is 0 Å². The predicted octanol–water partition coefficient (Wildman–Crippen LogP) is 0.455. The molecule has 1 rings (SSSR count). The molecule has 0 fully saturated rings. The maximum Gasteiger partial charge on any atom is 0.253 e. The van der Waals surface area contributed by atoms with Crippen molar-refractivity contribution in [2.75, 3.05) is 32.2 Å². The van der Waals surface area contributed by atoms with Gasteiger partial charge < -0.3 is 10.0 Å². The van der Waals surface area contributed by atoms with Crippen LogP contribution in [0.4, 0.5) is 0 Å². The van der Waals surface area contributed by atoms with Crippen molar-refractivity contribution in [2.45, 2.75) is 6.92 Å². The summed E-state index contributed by atoms with van der Waals surface area (Å²) in [5, 5.41) is 8.70. The number of aliphatic hydroxyl groups is 1. The second-order valence-electron chi connectivity index (χ2n) is 4.90. The molecule has 0 saturated heterocycles. The first-order valence-corrected chi connectivity index (χ1v) is 8.43. The van der Waals surface area contributed by atoms with Gasteiger partial charge in [0.25, 0.3) is 5.91 Å². The number of aryl methyl sites for hydroxylation is 1. The zero-order valence-electron chi connectivity index (χ0n) is 12.4. The summed E-state index contributed by atoms with van der Waals surface area (Å²) >= 11 is 0. The van der Waals surface area contributed by atoms with Gasteiger partial charge in [0.15, 0.2) is 0 Å². The topological polar surface area (TPSA) is 74.7 Å². The van der Waals surface area contributed by atoms with Gasteiger partial charge in [-0.2, -0.15) is 0 Å². The molecule has 0 radical (unpaired) electrons. The van der Waals surface area contributed by atoms with Crippen LogP contribution in [0.1, 0.15) is 21.5 Å². The fourth-order valence-electron chi connectivity index (χ4n) is 1.75. The van der Waals surface area contributed by atoms with E-state index in [0.29, 0.717) is 11.1 Å². The monoisotopic (exact) mass is 309 g/mol. The van der Waals surface area contributed by atoms with E-state index in [1.165, 1.54) is 4.90 Å². The van der Waals surface area contributed by atoms with Crippen LogP contribution in [-0.2, 0) is 9.84 Å². The van der Waals surface area contributed by atoms with Crippen LogP contribution in [-0.4, -0.2) is 56.5 Å². The van der Waals surface area contributed by atoms with Crippen molar-refractivity contribution in [3.8, 4) is 11.8 Å². The molecule has 1 N–H and O–H groups in total. The molecular formula is C15H19NO4S. The van der Waals surface area contributed by atoms with Crippen molar-refractivity contribution in [3.05, 3.63) is 34.9 Å². The van der Waals surface area contributed by atoms with E-state index in [0.717, 1.165) is 11.8 Å². The van der Waals surface area contributed by atoms with Gasteiger partial charge in [0.05, 0.1) is 5.75 Å². The Kier molecular flexibility index (Phi) is 5.94. The molecule has 0 bridgehead atoms. The number of hydrogen-bond donors (Lipinski definition) is 1. The van der Waals surface area contributed by atoms with E-state index in [1.54, 1.807) is 19.2 Å². The highest BCUT2D eigenvalue weighted by molar-refractivity contribution is 7.90. The van der Waals surface area contributed by atoms with Gasteiger partial charge in [-0.25, -0.2) is 8.42 Å². The highest BCUT2D eigenvalue weighted by Crippen LogP contribution is 2.11. The van der Waals surface area contributed by atoms with E-state index >= 15 is 0 Å². The van der Waals surface area contributed by atoms with Crippen molar-refractivity contribution in [3.63, 3.8) is 0 Å². The molecule has 0 aliphatic heterocycles. The Morgan fingerprint density at radius 3 is 2.57 bits per heavy atom. The summed E-state index contributed by atoms with van der Waals surface area (Å²) in [6.07, 6.45) is 1.14. The van der Waals surface area contributed by atoms with Gasteiger partial charge >= 0.3 is 0 Å². The predicted molar refractivity (Wildman–Crippen MR) is 81.8 cm³/mol. The second-order valence-corrected chi connectivity index (χ2v) is 7.16. The highest BCUT2D eigenvalue weighted by atomic mass is 32.2. The van der Waals surface area contributed by atoms with Gasteiger partial charge in [-0.1, -0.05) is 11.8 Å². The van der Waals surface area contributed by atoms with Crippen LogP contribution in [0.5, 0.6) is 0 Å². The molecule has 0 unspecified atom stereocenters. The summed E-state index contributed by atoms with van der Waals surface area (Å²) in [7, 11) is -1.54. The molecule has 5 nitrogen and oxygen atoms in total. The number of amides is 1. The van der Waals surface area contributed by atoms with E-state index in [-0.39, 0.29) is 24.8 Å². The maximum absolute atomic E-state index is 12.3. The number of carbonyl (C=O) groups is 1. The molecule has 0 heterocycles. The quantitative estimate of drug-likeness (QED) is 0.820. The molecule has 6 heteroatoms. The average molecular weight is 309 g/mol. The Bertz CT molecular complexity index is 683. The molecular weight excluding hydrogens is 290 g/mol. The number of hydrogen-bond acceptors (Lipinski definition) is 4. The van der Waals surface area contributed by atoms with Crippen molar-refractivity contribution in [2.24, 2.45) is 0 Å². The lowest BCUT2D eigenvalue weighted by atomic mass is 10.1. The Morgan fingerprint density at radius 2 is 2.00 bits per heavy atom. The highest BCUT2D eigenvalue weighted by Gasteiger charge is 2.14. The van der Waals surface area contributed by atoms with E-state index in [4.69, 9.17) is 5.11 Å². The van der Waals surface area contributed by atoms with Gasteiger partial charge in [-0.3, -0.25) is 4.79 Å². The average Bonchev–Trinajstić information content (AvgIpc) is 2.40. The van der Waals surface area contributed by atoms with Crippen LogP contribution < -0.4 is 0 Å². The van der Waals surface area contributed by atoms with Crippen molar-refractivity contribution in [1.29, 1.82) is 0 Å². The third kappa shape index (κ3) is 5.98. The van der Waals surface area contributed by atoms with Gasteiger partial charge in [0.1, 0.15) is 16.4 Å². The summed E-state index contributed by atoms with van der Waals surface area (Å²) in [4.78, 5) is 13.6. The summed E-state index contributed by atoms with van der Waals surface area (Å²) in [6.45, 7) is 1.74. The molecule has 0 aromatic heterocycles. The SMILES string of the molecule is Cc1cc(C#CCO)cc(C(=O)N(C)CCS(C)(=O)=O)c1. The van der Waals surface area contributed by atoms with E-state index in [2.05, 4.69) is 11.8 Å². The van der Waals surface area contributed by atoms with Gasteiger partial charge in [0, 0.05) is 31.0 Å².